The summed E-state index contributed by atoms with van der Waals surface area (Å²) in [5, 5.41) is 4.71. The number of nitrogens with two attached hydrogens (primary N) is 1. The van der Waals surface area contributed by atoms with Crippen LogP contribution in [0, 0.1) is 0 Å². The molecule has 0 aliphatic carbocycles. The molecule has 2 amide bonds. The maximum Gasteiger partial charge on any atom is 0.417 e. The van der Waals surface area contributed by atoms with Crippen molar-refractivity contribution in [2.75, 3.05) is 29.0 Å². The summed E-state index contributed by atoms with van der Waals surface area (Å²) < 4.78 is 38.7. The Bertz CT molecular complexity index is 847. The van der Waals surface area contributed by atoms with Gasteiger partial charge in [-0.2, -0.15) is 18.2 Å². The highest BCUT2D eigenvalue weighted by Crippen LogP contribution is 2.36. The van der Waals surface area contributed by atoms with Crippen molar-refractivity contribution in [3.05, 3.63) is 41.0 Å². The minimum atomic E-state index is -4.60. The minimum absolute atomic E-state index is 0.00246. The quantitative estimate of drug-likeness (QED) is 0.735. The molecule has 0 spiro atoms. The molecule has 27 heavy (non-hydrogen) atoms. The zero-order chi connectivity index (χ0) is 19.6. The van der Waals surface area contributed by atoms with Crippen molar-refractivity contribution in [2.45, 2.75) is 18.6 Å². The topological polar surface area (TPSA) is 96.2 Å². The van der Waals surface area contributed by atoms with E-state index in [1.165, 1.54) is 6.07 Å². The van der Waals surface area contributed by atoms with Crippen LogP contribution in [-0.4, -0.2) is 35.1 Å². The summed E-state index contributed by atoms with van der Waals surface area (Å²) in [6, 6.07) is 4.13. The van der Waals surface area contributed by atoms with Gasteiger partial charge in [-0.3, -0.25) is 0 Å². The Hall–Kier alpha value is -2.75. The van der Waals surface area contributed by atoms with Crippen LogP contribution in [0.2, 0.25) is 5.02 Å². The van der Waals surface area contributed by atoms with Crippen molar-refractivity contribution in [3.63, 3.8) is 0 Å². The van der Waals surface area contributed by atoms with Crippen LogP contribution in [0.3, 0.4) is 0 Å². The monoisotopic (exact) mass is 400 g/mol. The minimum Gasteiger partial charge on any atom is -0.368 e. The Labute approximate surface area is 157 Å². The highest BCUT2D eigenvalue weighted by molar-refractivity contribution is 6.31. The van der Waals surface area contributed by atoms with Gasteiger partial charge in [-0.15, -0.1) is 0 Å². The molecule has 2 aromatic rings. The Balaban J connectivity index is 1.59. The lowest BCUT2D eigenvalue weighted by molar-refractivity contribution is -0.137. The molecule has 144 valence electrons. The van der Waals surface area contributed by atoms with Gasteiger partial charge in [-0.05, 0) is 30.7 Å². The molecule has 1 aromatic heterocycles. The van der Waals surface area contributed by atoms with E-state index >= 15 is 0 Å². The third kappa shape index (κ3) is 4.70. The van der Waals surface area contributed by atoms with E-state index in [9.17, 15) is 18.0 Å². The van der Waals surface area contributed by atoms with Gasteiger partial charge in [0.05, 0.1) is 10.6 Å². The number of alkyl halides is 3. The Morgan fingerprint density at radius 2 is 2.11 bits per heavy atom. The molecule has 0 saturated carbocycles. The lowest BCUT2D eigenvalue weighted by atomic mass is 10.2. The van der Waals surface area contributed by atoms with Crippen molar-refractivity contribution in [3.8, 4) is 0 Å². The van der Waals surface area contributed by atoms with E-state index in [2.05, 4.69) is 20.6 Å². The first-order valence-electron chi connectivity index (χ1n) is 8.00. The molecule has 0 bridgehead atoms. The molecule has 0 radical (unpaired) electrons. The zero-order valence-electron chi connectivity index (χ0n) is 13.9. The summed E-state index contributed by atoms with van der Waals surface area (Å²) in [7, 11) is 0. The summed E-state index contributed by atoms with van der Waals surface area (Å²) in [6.07, 6.45) is -2.40. The zero-order valence-corrected chi connectivity index (χ0v) is 14.7. The molecule has 1 aliphatic heterocycles. The van der Waals surface area contributed by atoms with Crippen LogP contribution in [-0.2, 0) is 6.18 Å². The molecule has 1 fully saturated rings. The van der Waals surface area contributed by atoms with Gasteiger partial charge >= 0.3 is 12.2 Å². The summed E-state index contributed by atoms with van der Waals surface area (Å²) in [6.45, 7) is 1.15. The van der Waals surface area contributed by atoms with E-state index in [1.54, 1.807) is 12.3 Å². The largest absolute Gasteiger partial charge is 0.417 e. The molecule has 1 saturated heterocycles. The second-order valence-corrected chi connectivity index (χ2v) is 6.40. The molecular weight excluding hydrogens is 385 g/mol. The van der Waals surface area contributed by atoms with Crippen LogP contribution in [0.25, 0.3) is 0 Å². The number of benzene rings is 1. The van der Waals surface area contributed by atoms with Gasteiger partial charge in [0.2, 0.25) is 5.95 Å². The van der Waals surface area contributed by atoms with Gasteiger partial charge in [-0.25, -0.2) is 9.78 Å². The first kappa shape index (κ1) is 19.0. The lowest BCUT2D eigenvalue weighted by Crippen LogP contribution is -2.39. The fraction of sp³-hybridized carbons (Fsp3) is 0.312. The smallest absolute Gasteiger partial charge is 0.368 e. The molecule has 3 rings (SSSR count). The van der Waals surface area contributed by atoms with Gasteiger partial charge in [0.1, 0.15) is 5.82 Å². The van der Waals surface area contributed by atoms with E-state index in [0.717, 1.165) is 12.1 Å². The highest BCUT2D eigenvalue weighted by atomic mass is 35.5. The number of hydrogen-bond donors (Lipinski definition) is 3. The summed E-state index contributed by atoms with van der Waals surface area (Å²) >= 11 is 5.57. The van der Waals surface area contributed by atoms with E-state index in [1.807, 2.05) is 4.90 Å². The van der Waals surface area contributed by atoms with Crippen LogP contribution in [0.1, 0.15) is 12.0 Å². The molecule has 7 nitrogen and oxygen atoms in total. The number of amides is 2. The maximum atomic E-state index is 12.9. The number of nitrogen functional groups attached to an aromatic ring is 1. The van der Waals surface area contributed by atoms with Crippen LogP contribution in [0.15, 0.2) is 30.5 Å². The first-order chi connectivity index (χ1) is 12.7. The number of anilines is 3. The van der Waals surface area contributed by atoms with Crippen LogP contribution in [0.4, 0.5) is 35.4 Å². The van der Waals surface area contributed by atoms with Crippen molar-refractivity contribution >= 4 is 35.1 Å². The highest BCUT2D eigenvalue weighted by Gasteiger charge is 2.33. The number of rotatable bonds is 3. The van der Waals surface area contributed by atoms with E-state index < -0.39 is 22.8 Å². The predicted molar refractivity (Wildman–Crippen MR) is 95.7 cm³/mol. The van der Waals surface area contributed by atoms with Gasteiger partial charge in [0.25, 0.3) is 0 Å². The predicted octanol–water partition coefficient (Wildman–Crippen LogP) is 3.13. The summed E-state index contributed by atoms with van der Waals surface area (Å²) in [5.41, 5.74) is 4.56. The van der Waals surface area contributed by atoms with Crippen molar-refractivity contribution in [2.24, 2.45) is 0 Å². The Kier molecular flexibility index (Phi) is 5.26. The Morgan fingerprint density at radius 3 is 2.81 bits per heavy atom. The molecule has 2 heterocycles. The fourth-order valence-corrected chi connectivity index (χ4v) is 3.02. The number of carbonyl (C=O) groups excluding carboxylic acids is 1. The third-order valence-electron chi connectivity index (χ3n) is 4.04. The normalized spacial score (nSPS) is 17.0. The van der Waals surface area contributed by atoms with Crippen molar-refractivity contribution in [1.82, 2.24) is 15.3 Å². The number of halogens is 4. The SMILES string of the molecule is Nc1nccc(N2CC[C@H](NC(=O)Nc3ccc(Cl)c(C(F)(F)F)c3)C2)n1. The molecule has 1 aromatic carbocycles. The van der Waals surface area contributed by atoms with E-state index in [4.69, 9.17) is 17.3 Å². The van der Waals surface area contributed by atoms with Gasteiger partial charge in [-0.1, -0.05) is 11.6 Å². The van der Waals surface area contributed by atoms with Crippen molar-refractivity contribution < 1.29 is 18.0 Å². The lowest BCUT2D eigenvalue weighted by Gasteiger charge is -2.18. The van der Waals surface area contributed by atoms with E-state index in [0.29, 0.717) is 25.3 Å². The number of nitrogens with zero attached hydrogens (tertiary/aromatic N) is 3. The number of carbonyl (C=O) groups is 1. The fourth-order valence-electron chi connectivity index (χ4n) is 2.80. The summed E-state index contributed by atoms with van der Waals surface area (Å²) in [5.74, 6) is 0.810. The van der Waals surface area contributed by atoms with Gasteiger partial charge in [0, 0.05) is 31.0 Å². The number of aromatic nitrogens is 2. The van der Waals surface area contributed by atoms with Crippen LogP contribution >= 0.6 is 11.6 Å². The molecule has 0 unspecified atom stereocenters. The van der Waals surface area contributed by atoms with Crippen LogP contribution < -0.4 is 21.3 Å². The number of nitrogens with one attached hydrogen (secondary N) is 2. The number of urea groups is 1. The van der Waals surface area contributed by atoms with E-state index in [-0.39, 0.29) is 17.7 Å². The number of hydrogen-bond acceptors (Lipinski definition) is 5. The Morgan fingerprint density at radius 1 is 1.33 bits per heavy atom. The van der Waals surface area contributed by atoms with Gasteiger partial charge in [0.15, 0.2) is 0 Å². The molecule has 1 aliphatic rings. The molecule has 1 atom stereocenters. The average molecular weight is 401 g/mol. The maximum absolute atomic E-state index is 12.9. The third-order valence-corrected chi connectivity index (χ3v) is 4.37. The second kappa shape index (κ2) is 7.47. The second-order valence-electron chi connectivity index (χ2n) is 6.00. The molecular formula is C16H16ClF3N6O. The first-order valence-corrected chi connectivity index (χ1v) is 8.38. The summed E-state index contributed by atoms with van der Waals surface area (Å²) in [4.78, 5) is 22.0. The molecule has 11 heteroatoms. The van der Waals surface area contributed by atoms with Crippen LogP contribution in [0.5, 0.6) is 0 Å². The average Bonchev–Trinajstić information content (AvgIpc) is 3.04. The van der Waals surface area contributed by atoms with Gasteiger partial charge < -0.3 is 21.3 Å². The van der Waals surface area contributed by atoms with Crippen molar-refractivity contribution in [1.29, 1.82) is 0 Å². The standard InChI is InChI=1S/C16H16ClF3N6O/c17-12-2-1-9(7-11(12)16(18,19)20)23-15(27)24-10-4-6-26(8-10)13-3-5-22-14(21)25-13/h1-3,5,7,10H,4,6,8H2,(H2,21,22,25)(H2,23,24,27)/t10-/m0/s1. The molecule has 4 N–H and O–H groups in total.